The molecular formula is C25H30N4O3. The van der Waals surface area contributed by atoms with Crippen molar-refractivity contribution in [1.82, 2.24) is 20.0 Å². The van der Waals surface area contributed by atoms with Crippen molar-refractivity contribution in [2.45, 2.75) is 19.4 Å². The zero-order chi connectivity index (χ0) is 22.6. The van der Waals surface area contributed by atoms with Gasteiger partial charge in [0.15, 0.2) is 0 Å². The van der Waals surface area contributed by atoms with Gasteiger partial charge in [-0.3, -0.25) is 9.69 Å². The van der Waals surface area contributed by atoms with Crippen LogP contribution in [0.2, 0.25) is 0 Å². The number of amides is 1. The van der Waals surface area contributed by atoms with E-state index in [9.17, 15) is 4.79 Å². The van der Waals surface area contributed by atoms with Crippen molar-refractivity contribution in [1.29, 1.82) is 0 Å². The van der Waals surface area contributed by atoms with E-state index in [0.717, 1.165) is 43.3 Å². The highest BCUT2D eigenvalue weighted by atomic mass is 16.5. The molecule has 1 fully saturated rings. The molecule has 4 rings (SSSR count). The fourth-order valence-corrected chi connectivity index (χ4v) is 3.89. The first-order chi connectivity index (χ1) is 15.5. The molecule has 168 valence electrons. The highest BCUT2D eigenvalue weighted by Crippen LogP contribution is 2.25. The van der Waals surface area contributed by atoms with Crippen molar-refractivity contribution < 1.29 is 14.3 Å². The summed E-state index contributed by atoms with van der Waals surface area (Å²) in [5.74, 6) is 0.637. The van der Waals surface area contributed by atoms with Crippen LogP contribution in [0.25, 0.3) is 16.9 Å². The van der Waals surface area contributed by atoms with E-state index < -0.39 is 0 Å². The molecule has 1 amide bonds. The number of ether oxygens (including phenoxy) is 2. The van der Waals surface area contributed by atoms with Gasteiger partial charge >= 0.3 is 0 Å². The lowest BCUT2D eigenvalue weighted by Gasteiger charge is -2.40. The Morgan fingerprint density at radius 2 is 1.78 bits per heavy atom. The van der Waals surface area contributed by atoms with Crippen molar-refractivity contribution in [3.05, 3.63) is 66.4 Å². The van der Waals surface area contributed by atoms with Crippen LogP contribution in [0.5, 0.6) is 5.75 Å². The first kappa shape index (κ1) is 22.0. The lowest BCUT2D eigenvalue weighted by Crippen LogP contribution is -2.55. The number of aromatic nitrogens is 2. The van der Waals surface area contributed by atoms with Crippen LogP contribution in [0.4, 0.5) is 0 Å². The van der Waals surface area contributed by atoms with Crippen LogP contribution in [0.15, 0.2) is 60.8 Å². The van der Waals surface area contributed by atoms with Crippen LogP contribution >= 0.6 is 0 Å². The van der Waals surface area contributed by atoms with Gasteiger partial charge in [-0.1, -0.05) is 30.3 Å². The van der Waals surface area contributed by atoms with E-state index in [1.165, 1.54) is 0 Å². The molecule has 0 unspecified atom stereocenters. The molecule has 0 bridgehead atoms. The molecule has 2 heterocycles. The third kappa shape index (κ3) is 4.84. The Bertz CT molecular complexity index is 1040. The smallest absolute Gasteiger partial charge is 0.255 e. The Morgan fingerprint density at radius 3 is 2.44 bits per heavy atom. The fourth-order valence-electron chi connectivity index (χ4n) is 3.89. The lowest BCUT2D eigenvalue weighted by atomic mass is 10.0. The number of methoxy groups -OCH3 is 1. The maximum atomic E-state index is 13.3. The molecule has 0 aliphatic carbocycles. The zero-order valence-electron chi connectivity index (χ0n) is 18.9. The van der Waals surface area contributed by atoms with Crippen LogP contribution in [0, 0.1) is 0 Å². The highest BCUT2D eigenvalue weighted by molar-refractivity contribution is 6.00. The maximum Gasteiger partial charge on any atom is 0.255 e. The monoisotopic (exact) mass is 434 g/mol. The summed E-state index contributed by atoms with van der Waals surface area (Å²) in [6.45, 7) is 8.03. The van der Waals surface area contributed by atoms with Crippen molar-refractivity contribution in [3.8, 4) is 22.7 Å². The molecule has 1 saturated heterocycles. The minimum atomic E-state index is -0.168. The molecule has 0 radical (unpaired) electrons. The van der Waals surface area contributed by atoms with E-state index in [-0.39, 0.29) is 11.4 Å². The summed E-state index contributed by atoms with van der Waals surface area (Å²) < 4.78 is 12.5. The molecule has 32 heavy (non-hydrogen) atoms. The Balaban J connectivity index is 1.59. The Hall–Kier alpha value is -3.16. The Morgan fingerprint density at radius 1 is 1.09 bits per heavy atom. The molecule has 1 N–H and O–H groups in total. The van der Waals surface area contributed by atoms with Crippen LogP contribution < -0.4 is 10.1 Å². The van der Waals surface area contributed by atoms with Gasteiger partial charge in [0.25, 0.3) is 5.91 Å². The summed E-state index contributed by atoms with van der Waals surface area (Å²) in [5.41, 5.74) is 2.79. The van der Waals surface area contributed by atoms with Crippen LogP contribution in [-0.4, -0.2) is 66.1 Å². The average Bonchev–Trinajstić information content (AvgIpc) is 3.29. The van der Waals surface area contributed by atoms with Gasteiger partial charge in [-0.05, 0) is 38.1 Å². The number of nitrogens with zero attached hydrogens (tertiary/aromatic N) is 3. The average molecular weight is 435 g/mol. The summed E-state index contributed by atoms with van der Waals surface area (Å²) in [6, 6.07) is 17.4. The van der Waals surface area contributed by atoms with Crippen molar-refractivity contribution in [3.63, 3.8) is 0 Å². The second-order valence-corrected chi connectivity index (χ2v) is 8.49. The van der Waals surface area contributed by atoms with Crippen molar-refractivity contribution in [2.24, 2.45) is 0 Å². The Kier molecular flexibility index (Phi) is 6.58. The predicted molar refractivity (Wildman–Crippen MR) is 124 cm³/mol. The first-order valence-electron chi connectivity index (χ1n) is 10.9. The molecule has 0 saturated carbocycles. The molecule has 7 heteroatoms. The molecule has 0 spiro atoms. The molecule has 2 aromatic carbocycles. The number of carbonyl (C=O) groups is 1. The third-order valence-electron chi connectivity index (χ3n) is 5.89. The van der Waals surface area contributed by atoms with Crippen LogP contribution in [0.3, 0.4) is 0 Å². The largest absolute Gasteiger partial charge is 0.497 e. The van der Waals surface area contributed by atoms with Gasteiger partial charge in [-0.15, -0.1) is 0 Å². The second-order valence-electron chi connectivity index (χ2n) is 8.49. The number of hydrogen-bond donors (Lipinski definition) is 1. The van der Waals surface area contributed by atoms with E-state index in [0.29, 0.717) is 17.8 Å². The van der Waals surface area contributed by atoms with Crippen molar-refractivity contribution in [2.75, 3.05) is 40.0 Å². The topological polar surface area (TPSA) is 68.6 Å². The third-order valence-corrected chi connectivity index (χ3v) is 5.89. The van der Waals surface area contributed by atoms with E-state index in [1.54, 1.807) is 18.0 Å². The summed E-state index contributed by atoms with van der Waals surface area (Å²) in [7, 11) is 1.64. The van der Waals surface area contributed by atoms with Crippen molar-refractivity contribution >= 4 is 5.91 Å². The summed E-state index contributed by atoms with van der Waals surface area (Å²) >= 11 is 0. The number of hydrogen-bond acceptors (Lipinski definition) is 5. The zero-order valence-corrected chi connectivity index (χ0v) is 18.9. The van der Waals surface area contributed by atoms with Gasteiger partial charge in [0.1, 0.15) is 11.4 Å². The van der Waals surface area contributed by atoms with Gasteiger partial charge in [0, 0.05) is 36.9 Å². The van der Waals surface area contributed by atoms with Crippen LogP contribution in [-0.2, 0) is 4.74 Å². The highest BCUT2D eigenvalue weighted by Gasteiger charge is 2.29. The van der Waals surface area contributed by atoms with E-state index in [4.69, 9.17) is 14.6 Å². The SMILES string of the molecule is COc1ccc(-n2cc(C(=O)NCC(C)(C)N3CCOCC3)c(-c3ccccc3)n2)cc1. The number of rotatable bonds is 7. The molecule has 0 atom stereocenters. The molecule has 3 aromatic rings. The molecule has 1 aliphatic rings. The molecule has 7 nitrogen and oxygen atoms in total. The summed E-state index contributed by atoms with van der Waals surface area (Å²) in [5, 5.41) is 7.88. The summed E-state index contributed by atoms with van der Waals surface area (Å²) in [6.07, 6.45) is 1.79. The number of nitrogens with one attached hydrogen (secondary N) is 1. The number of benzene rings is 2. The lowest BCUT2D eigenvalue weighted by molar-refractivity contribution is -0.00923. The number of morpholine rings is 1. The molecule has 1 aromatic heterocycles. The van der Waals surface area contributed by atoms with Gasteiger partial charge < -0.3 is 14.8 Å². The van der Waals surface area contributed by atoms with Gasteiger partial charge in [0.05, 0.1) is 31.6 Å². The minimum absolute atomic E-state index is 0.134. The van der Waals surface area contributed by atoms with Gasteiger partial charge in [0.2, 0.25) is 0 Å². The maximum absolute atomic E-state index is 13.3. The first-order valence-corrected chi connectivity index (χ1v) is 10.9. The number of carbonyl (C=O) groups excluding carboxylic acids is 1. The quantitative estimate of drug-likeness (QED) is 0.617. The van der Waals surface area contributed by atoms with Crippen LogP contribution in [0.1, 0.15) is 24.2 Å². The molecular weight excluding hydrogens is 404 g/mol. The fraction of sp³-hybridized carbons (Fsp3) is 0.360. The minimum Gasteiger partial charge on any atom is -0.497 e. The van der Waals surface area contributed by atoms with E-state index >= 15 is 0 Å². The normalized spacial score (nSPS) is 14.8. The second kappa shape index (κ2) is 9.54. The molecule has 1 aliphatic heterocycles. The summed E-state index contributed by atoms with van der Waals surface area (Å²) in [4.78, 5) is 15.6. The van der Waals surface area contributed by atoms with Gasteiger partial charge in [-0.25, -0.2) is 4.68 Å². The predicted octanol–water partition coefficient (Wildman–Crippen LogP) is 3.39. The van der Waals surface area contributed by atoms with E-state index in [2.05, 4.69) is 24.1 Å². The van der Waals surface area contributed by atoms with Gasteiger partial charge in [-0.2, -0.15) is 5.10 Å². The van der Waals surface area contributed by atoms with E-state index in [1.807, 2.05) is 54.6 Å². The Labute approximate surface area is 188 Å². The standard InChI is InChI=1S/C25H30N4O3/c1-25(2,28-13-15-32-16-14-28)18-26-24(30)22-17-29(20-9-11-21(31-3)12-10-20)27-23(22)19-7-5-4-6-8-19/h4-12,17H,13-16,18H2,1-3H3,(H,26,30).